The summed E-state index contributed by atoms with van der Waals surface area (Å²) in [6, 6.07) is 0.509. The smallest absolute Gasteiger partial charge is 0.408 e. The van der Waals surface area contributed by atoms with Gasteiger partial charge in [-0.15, -0.1) is 0 Å². The Labute approximate surface area is 145 Å². The van der Waals surface area contributed by atoms with Crippen LogP contribution in [0.2, 0.25) is 5.02 Å². The van der Waals surface area contributed by atoms with Crippen molar-refractivity contribution in [1.82, 2.24) is 10.3 Å². The van der Waals surface area contributed by atoms with Crippen molar-refractivity contribution < 1.29 is 23.9 Å². The summed E-state index contributed by atoms with van der Waals surface area (Å²) in [7, 11) is 1.20. The molecule has 0 saturated carbocycles. The normalized spacial score (nSPS) is 12.2. The molecule has 1 heterocycles. The first-order valence-electron chi connectivity index (χ1n) is 7.34. The number of methoxy groups -OCH3 is 1. The molecule has 0 saturated heterocycles. The summed E-state index contributed by atoms with van der Waals surface area (Å²) in [6.07, 6.45) is 2.11. The third kappa shape index (κ3) is 6.54. The van der Waals surface area contributed by atoms with Crippen molar-refractivity contribution in [3.63, 3.8) is 0 Å². The third-order valence-electron chi connectivity index (χ3n) is 2.91. The highest BCUT2D eigenvalue weighted by atomic mass is 35.5. The summed E-state index contributed by atoms with van der Waals surface area (Å²) < 4.78 is 9.75. The number of carbonyl (C=O) groups excluding carboxylic acids is 3. The van der Waals surface area contributed by atoms with Gasteiger partial charge >= 0.3 is 12.1 Å². The van der Waals surface area contributed by atoms with Crippen molar-refractivity contribution in [2.24, 2.45) is 0 Å². The Bertz CT molecular complexity index is 613. The van der Waals surface area contributed by atoms with E-state index >= 15 is 0 Å². The molecule has 0 aliphatic rings. The summed E-state index contributed by atoms with van der Waals surface area (Å²) in [6.45, 7) is 5.11. The molecule has 132 valence electrons. The number of alkyl carbamates (subject to hydrolysis) is 1. The highest BCUT2D eigenvalue weighted by Crippen LogP contribution is 2.17. The van der Waals surface area contributed by atoms with Gasteiger partial charge in [-0.25, -0.2) is 9.59 Å². The molecule has 0 aliphatic heterocycles. The van der Waals surface area contributed by atoms with Crippen LogP contribution in [0, 0.1) is 0 Å². The van der Waals surface area contributed by atoms with E-state index in [0.29, 0.717) is 0 Å². The van der Waals surface area contributed by atoms with Gasteiger partial charge in [0.2, 0.25) is 0 Å². The molecule has 0 radical (unpaired) electrons. The molecule has 0 bridgehead atoms. The predicted octanol–water partition coefficient (Wildman–Crippen LogP) is 2.76. The van der Waals surface area contributed by atoms with Crippen LogP contribution in [0.5, 0.6) is 0 Å². The number of hydrogen-bond donors (Lipinski definition) is 1. The molecule has 0 aromatic carbocycles. The first kappa shape index (κ1) is 19.9. The second kappa shape index (κ2) is 8.63. The lowest BCUT2D eigenvalue weighted by molar-refractivity contribution is -0.143. The minimum atomic E-state index is -0.996. The third-order valence-corrected chi connectivity index (χ3v) is 3.23. The van der Waals surface area contributed by atoms with Crippen molar-refractivity contribution in [2.75, 3.05) is 7.11 Å². The minimum absolute atomic E-state index is 0.0129. The van der Waals surface area contributed by atoms with Gasteiger partial charge in [0.05, 0.1) is 17.7 Å². The predicted molar refractivity (Wildman–Crippen MR) is 88.0 cm³/mol. The van der Waals surface area contributed by atoms with Gasteiger partial charge in [0.25, 0.3) is 0 Å². The summed E-state index contributed by atoms with van der Waals surface area (Å²) in [4.78, 5) is 39.6. The van der Waals surface area contributed by atoms with Crippen LogP contribution < -0.4 is 5.32 Å². The number of esters is 1. The fourth-order valence-corrected chi connectivity index (χ4v) is 2.04. The van der Waals surface area contributed by atoms with Gasteiger partial charge in [-0.3, -0.25) is 9.78 Å². The molecule has 0 unspecified atom stereocenters. The number of hydrogen-bond acceptors (Lipinski definition) is 6. The van der Waals surface area contributed by atoms with Crippen LogP contribution >= 0.6 is 11.6 Å². The lowest BCUT2D eigenvalue weighted by Gasteiger charge is -2.22. The number of nitrogens with one attached hydrogen (secondary N) is 1. The van der Waals surface area contributed by atoms with Gasteiger partial charge in [0.15, 0.2) is 5.78 Å². The van der Waals surface area contributed by atoms with Crippen LogP contribution in [0.15, 0.2) is 18.5 Å². The lowest BCUT2D eigenvalue weighted by atomic mass is 10.0. The maximum Gasteiger partial charge on any atom is 0.408 e. The van der Waals surface area contributed by atoms with Gasteiger partial charge in [-0.05, 0) is 33.3 Å². The average molecular weight is 357 g/mol. The molecule has 1 atom stereocenters. The number of pyridine rings is 1. The zero-order chi connectivity index (χ0) is 18.3. The van der Waals surface area contributed by atoms with Gasteiger partial charge in [-0.2, -0.15) is 0 Å². The zero-order valence-electron chi connectivity index (χ0n) is 14.1. The van der Waals surface area contributed by atoms with E-state index in [4.69, 9.17) is 16.3 Å². The second-order valence-electron chi connectivity index (χ2n) is 6.04. The Morgan fingerprint density at radius 3 is 2.54 bits per heavy atom. The molecule has 1 rings (SSSR count). The molecule has 1 aromatic rings. The second-order valence-corrected chi connectivity index (χ2v) is 6.45. The van der Waals surface area contributed by atoms with E-state index in [0.717, 1.165) is 0 Å². The van der Waals surface area contributed by atoms with Gasteiger partial charge < -0.3 is 14.8 Å². The number of Topliss-reactive ketones (excluding diaryl/α,β-unsaturated/α-hetero) is 1. The molecule has 0 spiro atoms. The molecule has 8 heteroatoms. The number of aromatic nitrogens is 1. The fourth-order valence-electron chi connectivity index (χ4n) is 1.83. The molecule has 0 fully saturated rings. The van der Waals surface area contributed by atoms with E-state index in [1.54, 1.807) is 20.8 Å². The molecule has 1 aromatic heterocycles. The standard InChI is InChI=1S/C16H21ClN2O5/c1-16(2,3)24-15(22)19-12(14(21)23-4)5-6-13(20)10-9-18-8-7-11(10)17/h7-9,12H,5-6H2,1-4H3,(H,19,22)/t12-/m0/s1. The number of nitrogens with zero attached hydrogens (tertiary/aromatic N) is 1. The SMILES string of the molecule is COC(=O)[C@H](CCC(=O)c1cnccc1Cl)NC(=O)OC(C)(C)C. The Hall–Kier alpha value is -2.15. The van der Waals surface area contributed by atoms with Gasteiger partial charge in [-0.1, -0.05) is 11.6 Å². The van der Waals surface area contributed by atoms with E-state index < -0.39 is 23.7 Å². The molecule has 1 amide bonds. The molecule has 1 N–H and O–H groups in total. The van der Waals surface area contributed by atoms with E-state index in [9.17, 15) is 14.4 Å². The average Bonchev–Trinajstić information content (AvgIpc) is 2.49. The minimum Gasteiger partial charge on any atom is -0.467 e. The van der Waals surface area contributed by atoms with Crippen molar-refractivity contribution in [1.29, 1.82) is 0 Å². The summed E-state index contributed by atoms with van der Waals surface area (Å²) >= 11 is 5.94. The maximum atomic E-state index is 12.2. The maximum absolute atomic E-state index is 12.2. The number of rotatable bonds is 6. The lowest BCUT2D eigenvalue weighted by Crippen LogP contribution is -2.44. The molecular weight excluding hydrogens is 336 g/mol. The number of carbonyl (C=O) groups is 3. The monoisotopic (exact) mass is 356 g/mol. The fraction of sp³-hybridized carbons (Fsp3) is 0.500. The topological polar surface area (TPSA) is 94.6 Å². The largest absolute Gasteiger partial charge is 0.467 e. The van der Waals surface area contributed by atoms with E-state index in [1.165, 1.54) is 25.6 Å². The highest BCUT2D eigenvalue weighted by Gasteiger charge is 2.26. The summed E-state index contributed by atoms with van der Waals surface area (Å²) in [5.41, 5.74) is -0.441. The number of ketones is 1. The number of ether oxygens (including phenoxy) is 2. The van der Waals surface area contributed by atoms with Gasteiger partial charge in [0, 0.05) is 18.8 Å². The van der Waals surface area contributed by atoms with E-state index in [1.807, 2.05) is 0 Å². The van der Waals surface area contributed by atoms with Crippen LogP contribution in [0.25, 0.3) is 0 Å². The molecular formula is C16H21ClN2O5. The Balaban J connectivity index is 2.70. The summed E-state index contributed by atoms with van der Waals surface area (Å²) in [5.74, 6) is -0.945. The van der Waals surface area contributed by atoms with Crippen LogP contribution in [0.4, 0.5) is 4.79 Å². The van der Waals surface area contributed by atoms with E-state index in [2.05, 4.69) is 15.0 Å². The molecule has 24 heavy (non-hydrogen) atoms. The Morgan fingerprint density at radius 2 is 2.00 bits per heavy atom. The van der Waals surface area contributed by atoms with Crippen LogP contribution in [0.1, 0.15) is 44.0 Å². The van der Waals surface area contributed by atoms with Crippen LogP contribution in [0.3, 0.4) is 0 Å². The first-order chi connectivity index (χ1) is 11.1. The molecule has 7 nitrogen and oxygen atoms in total. The van der Waals surface area contributed by atoms with Crippen molar-refractivity contribution >= 4 is 29.4 Å². The quantitative estimate of drug-likeness (QED) is 0.622. The first-order valence-corrected chi connectivity index (χ1v) is 7.72. The van der Waals surface area contributed by atoms with Crippen LogP contribution in [-0.2, 0) is 14.3 Å². The Kier molecular flexibility index (Phi) is 7.16. The number of amides is 1. The van der Waals surface area contributed by atoms with Gasteiger partial charge in [0.1, 0.15) is 11.6 Å². The Morgan fingerprint density at radius 1 is 1.33 bits per heavy atom. The highest BCUT2D eigenvalue weighted by molar-refractivity contribution is 6.33. The summed E-state index contributed by atoms with van der Waals surface area (Å²) in [5, 5.41) is 2.69. The van der Waals surface area contributed by atoms with E-state index in [-0.39, 0.29) is 29.2 Å². The molecule has 0 aliphatic carbocycles. The van der Waals surface area contributed by atoms with Crippen molar-refractivity contribution in [2.45, 2.75) is 45.3 Å². The van der Waals surface area contributed by atoms with Crippen molar-refractivity contribution in [3.05, 3.63) is 29.0 Å². The van der Waals surface area contributed by atoms with Crippen LogP contribution in [-0.4, -0.2) is 41.6 Å². The number of halogens is 1. The zero-order valence-corrected chi connectivity index (χ0v) is 14.8. The van der Waals surface area contributed by atoms with Crippen molar-refractivity contribution in [3.8, 4) is 0 Å².